The molecule has 0 aliphatic heterocycles. The molecule has 0 amide bonds. The molecule has 5 heteroatoms. The third kappa shape index (κ3) is 5.50. The van der Waals surface area contributed by atoms with Crippen molar-refractivity contribution in [3.63, 3.8) is 0 Å². The number of rotatable bonds is 6. The van der Waals surface area contributed by atoms with E-state index in [1.165, 1.54) is 0 Å². The lowest BCUT2D eigenvalue weighted by atomic mass is 10.0. The minimum Gasteiger partial charge on any atom is -0.480 e. The quantitative estimate of drug-likeness (QED) is 0.271. The Labute approximate surface area is 96.2 Å². The van der Waals surface area contributed by atoms with E-state index in [1.807, 2.05) is 6.92 Å². The highest BCUT2D eigenvalue weighted by atomic mass is 16.4. The van der Waals surface area contributed by atoms with E-state index in [0.717, 1.165) is 24.0 Å². The molecule has 0 fully saturated rings. The van der Waals surface area contributed by atoms with E-state index in [4.69, 9.17) is 16.6 Å². The van der Waals surface area contributed by atoms with Gasteiger partial charge in [0, 0.05) is 6.54 Å². The highest BCUT2D eigenvalue weighted by Crippen LogP contribution is 2.13. The average Bonchev–Trinajstić information content (AvgIpc) is 2.21. The van der Waals surface area contributed by atoms with Crippen molar-refractivity contribution in [3.8, 4) is 0 Å². The summed E-state index contributed by atoms with van der Waals surface area (Å²) in [6, 6.07) is -0.903. The summed E-state index contributed by atoms with van der Waals surface area (Å²) in [5.74, 6) is -0.423. The summed E-state index contributed by atoms with van der Waals surface area (Å²) in [5.41, 5.74) is 12.6. The van der Waals surface area contributed by atoms with Gasteiger partial charge in [-0.2, -0.15) is 0 Å². The van der Waals surface area contributed by atoms with Gasteiger partial charge in [0.15, 0.2) is 0 Å². The van der Waals surface area contributed by atoms with Crippen LogP contribution in [0.15, 0.2) is 16.1 Å². The summed E-state index contributed by atoms with van der Waals surface area (Å²) in [4.78, 5) is 14.7. The molecular weight excluding hydrogens is 206 g/mol. The summed E-state index contributed by atoms with van der Waals surface area (Å²) >= 11 is 0. The topological polar surface area (TPSA) is 102 Å². The number of nitrogens with zero attached hydrogens (tertiary/aromatic N) is 1. The van der Waals surface area contributed by atoms with Gasteiger partial charge in [0.2, 0.25) is 0 Å². The van der Waals surface area contributed by atoms with E-state index in [2.05, 4.69) is 4.99 Å². The Morgan fingerprint density at radius 1 is 1.38 bits per heavy atom. The third-order valence-corrected chi connectivity index (χ3v) is 2.48. The molecule has 0 aromatic rings. The van der Waals surface area contributed by atoms with Gasteiger partial charge >= 0.3 is 5.97 Å². The van der Waals surface area contributed by atoms with E-state index in [0.29, 0.717) is 12.4 Å². The van der Waals surface area contributed by atoms with Crippen LogP contribution in [0.1, 0.15) is 33.6 Å². The van der Waals surface area contributed by atoms with Crippen LogP contribution in [-0.4, -0.2) is 29.5 Å². The second-order valence-corrected chi connectivity index (χ2v) is 3.91. The molecule has 0 aliphatic carbocycles. The number of aliphatic imine (C=N–C) groups is 1. The van der Waals surface area contributed by atoms with Gasteiger partial charge in [-0.25, -0.2) is 0 Å². The number of amidine groups is 1. The van der Waals surface area contributed by atoms with Crippen molar-refractivity contribution in [1.82, 2.24) is 0 Å². The van der Waals surface area contributed by atoms with Crippen molar-refractivity contribution in [3.05, 3.63) is 11.1 Å². The number of hydrogen-bond acceptors (Lipinski definition) is 3. The smallest absolute Gasteiger partial charge is 0.324 e. The lowest BCUT2D eigenvalue weighted by Crippen LogP contribution is -2.31. The minimum absolute atomic E-state index is 0.570. The van der Waals surface area contributed by atoms with Crippen LogP contribution in [0.5, 0.6) is 0 Å². The zero-order valence-corrected chi connectivity index (χ0v) is 10.2. The Morgan fingerprint density at radius 3 is 2.38 bits per heavy atom. The van der Waals surface area contributed by atoms with Gasteiger partial charge in [0.05, 0.1) is 5.84 Å². The first-order valence-corrected chi connectivity index (χ1v) is 5.27. The first kappa shape index (κ1) is 14.6. The van der Waals surface area contributed by atoms with Gasteiger partial charge in [-0.15, -0.1) is 0 Å². The van der Waals surface area contributed by atoms with Gasteiger partial charge in [0.1, 0.15) is 6.04 Å². The van der Waals surface area contributed by atoms with Crippen LogP contribution in [0.4, 0.5) is 0 Å². The van der Waals surface area contributed by atoms with Crippen molar-refractivity contribution < 1.29 is 9.90 Å². The standard InChI is InChI=1S/C11H21N3O2/c1-7(5-4-6-14-9(3)12)8(2)10(13)11(15)16/h10H,4-6,13H2,1-3H3,(H2,12,14)(H,15,16)/b8-7+. The Morgan fingerprint density at radius 2 is 1.94 bits per heavy atom. The molecule has 0 saturated heterocycles. The zero-order chi connectivity index (χ0) is 12.7. The van der Waals surface area contributed by atoms with Gasteiger partial charge in [-0.05, 0) is 39.2 Å². The van der Waals surface area contributed by atoms with E-state index in [9.17, 15) is 4.79 Å². The van der Waals surface area contributed by atoms with E-state index in [1.54, 1.807) is 13.8 Å². The summed E-state index contributed by atoms with van der Waals surface area (Å²) in [7, 11) is 0. The molecule has 0 bridgehead atoms. The number of hydrogen-bond donors (Lipinski definition) is 3. The number of nitrogens with two attached hydrogens (primary N) is 2. The van der Waals surface area contributed by atoms with Crippen LogP contribution < -0.4 is 11.5 Å². The highest BCUT2D eigenvalue weighted by molar-refractivity contribution is 5.77. The fourth-order valence-electron chi connectivity index (χ4n) is 1.25. The van der Waals surface area contributed by atoms with Gasteiger partial charge in [-0.3, -0.25) is 9.79 Å². The molecule has 0 rings (SSSR count). The maximum atomic E-state index is 10.7. The molecule has 5 nitrogen and oxygen atoms in total. The maximum Gasteiger partial charge on any atom is 0.324 e. The van der Waals surface area contributed by atoms with E-state index in [-0.39, 0.29) is 0 Å². The summed E-state index contributed by atoms with van der Waals surface area (Å²) in [6.45, 7) is 6.06. The second kappa shape index (κ2) is 7.00. The summed E-state index contributed by atoms with van der Waals surface area (Å²) in [5, 5.41) is 8.75. The largest absolute Gasteiger partial charge is 0.480 e. The molecule has 92 valence electrons. The first-order valence-electron chi connectivity index (χ1n) is 5.27. The summed E-state index contributed by atoms with van der Waals surface area (Å²) < 4.78 is 0. The van der Waals surface area contributed by atoms with Crippen molar-refractivity contribution in [2.75, 3.05) is 6.54 Å². The van der Waals surface area contributed by atoms with Crippen LogP contribution >= 0.6 is 0 Å². The normalized spacial score (nSPS) is 15.6. The monoisotopic (exact) mass is 227 g/mol. The number of allylic oxidation sites excluding steroid dienone is 1. The van der Waals surface area contributed by atoms with Crippen molar-refractivity contribution >= 4 is 11.8 Å². The predicted molar refractivity (Wildman–Crippen MR) is 65.4 cm³/mol. The van der Waals surface area contributed by atoms with Gasteiger partial charge in [-0.1, -0.05) is 5.57 Å². The Kier molecular flexibility index (Phi) is 6.41. The fraction of sp³-hybridized carbons (Fsp3) is 0.636. The predicted octanol–water partition coefficient (Wildman–Crippen LogP) is 0.892. The van der Waals surface area contributed by atoms with Crippen molar-refractivity contribution in [1.29, 1.82) is 0 Å². The van der Waals surface area contributed by atoms with Crippen LogP contribution in [0, 0.1) is 0 Å². The molecule has 0 aromatic carbocycles. The molecule has 0 heterocycles. The number of carboxylic acid groups (broad SMARTS) is 1. The molecule has 1 atom stereocenters. The maximum absolute atomic E-state index is 10.7. The number of carbonyl (C=O) groups is 1. The Hall–Kier alpha value is -1.36. The fourth-order valence-corrected chi connectivity index (χ4v) is 1.25. The van der Waals surface area contributed by atoms with Crippen LogP contribution in [0.2, 0.25) is 0 Å². The van der Waals surface area contributed by atoms with Gasteiger partial charge in [0.25, 0.3) is 0 Å². The lowest BCUT2D eigenvalue weighted by molar-refractivity contribution is -0.137. The van der Waals surface area contributed by atoms with Crippen LogP contribution in [-0.2, 0) is 4.79 Å². The average molecular weight is 227 g/mol. The lowest BCUT2D eigenvalue weighted by Gasteiger charge is -2.11. The molecule has 0 spiro atoms. The van der Waals surface area contributed by atoms with E-state index >= 15 is 0 Å². The van der Waals surface area contributed by atoms with Crippen molar-refractivity contribution in [2.24, 2.45) is 16.5 Å². The molecule has 5 N–H and O–H groups in total. The summed E-state index contributed by atoms with van der Waals surface area (Å²) in [6.07, 6.45) is 1.65. The van der Waals surface area contributed by atoms with E-state index < -0.39 is 12.0 Å². The molecule has 0 radical (unpaired) electrons. The van der Waals surface area contributed by atoms with Crippen LogP contribution in [0.25, 0.3) is 0 Å². The number of carboxylic acids is 1. The SMILES string of the molecule is CC(N)=NCCC/C(C)=C(\C)C(N)C(=O)O. The molecule has 0 aliphatic rings. The van der Waals surface area contributed by atoms with Crippen molar-refractivity contribution in [2.45, 2.75) is 39.7 Å². The Balaban J connectivity index is 4.22. The van der Waals surface area contributed by atoms with Crippen LogP contribution in [0.3, 0.4) is 0 Å². The minimum atomic E-state index is -0.993. The molecule has 1 unspecified atom stereocenters. The van der Waals surface area contributed by atoms with Gasteiger partial charge < -0.3 is 16.6 Å². The highest BCUT2D eigenvalue weighted by Gasteiger charge is 2.14. The number of aliphatic carboxylic acids is 1. The Bertz CT molecular complexity index is 304. The molecule has 16 heavy (non-hydrogen) atoms. The molecular formula is C11H21N3O2. The molecule has 0 aromatic heterocycles. The third-order valence-electron chi connectivity index (χ3n) is 2.48. The first-order chi connectivity index (χ1) is 7.36. The zero-order valence-electron chi connectivity index (χ0n) is 10.2. The molecule has 0 saturated carbocycles. The second-order valence-electron chi connectivity index (χ2n) is 3.91.